The molecular weight excluding hydrogens is 377 g/mol. The summed E-state index contributed by atoms with van der Waals surface area (Å²) in [6.45, 7) is 0.486. The lowest BCUT2D eigenvalue weighted by Crippen LogP contribution is -2.27. The zero-order valence-corrected chi connectivity index (χ0v) is 16.4. The summed E-state index contributed by atoms with van der Waals surface area (Å²) in [7, 11) is 4.61. The molecule has 0 saturated heterocycles. The van der Waals surface area contributed by atoms with E-state index in [-0.39, 0.29) is 12.3 Å². The molecule has 0 radical (unpaired) electrons. The van der Waals surface area contributed by atoms with Gasteiger partial charge in [0.1, 0.15) is 0 Å². The third-order valence-electron chi connectivity index (χ3n) is 3.75. The first-order valence-electron chi connectivity index (χ1n) is 7.97. The molecule has 2 aromatic rings. The van der Waals surface area contributed by atoms with Gasteiger partial charge in [-0.2, -0.15) is 0 Å². The van der Waals surface area contributed by atoms with Crippen LogP contribution in [0.5, 0.6) is 17.2 Å². The lowest BCUT2D eigenvalue weighted by Gasteiger charge is -2.14. The Morgan fingerprint density at radius 2 is 1.46 bits per heavy atom. The van der Waals surface area contributed by atoms with Gasteiger partial charge in [-0.3, -0.25) is 4.79 Å². The summed E-state index contributed by atoms with van der Waals surface area (Å²) in [5.74, 6) is 1.43. The first-order chi connectivity index (χ1) is 12.5. The summed E-state index contributed by atoms with van der Waals surface area (Å²) >= 11 is 12.0. The van der Waals surface area contributed by atoms with Gasteiger partial charge in [0, 0.05) is 16.6 Å². The molecule has 0 spiro atoms. The lowest BCUT2D eigenvalue weighted by atomic mass is 10.1. The molecule has 26 heavy (non-hydrogen) atoms. The van der Waals surface area contributed by atoms with E-state index in [0.29, 0.717) is 40.3 Å². The Kier molecular flexibility index (Phi) is 7.42. The predicted octanol–water partition coefficient (Wildman–Crippen LogP) is 3.92. The summed E-state index contributed by atoms with van der Waals surface area (Å²) in [6, 6.07) is 8.86. The molecule has 0 aromatic heterocycles. The van der Waals surface area contributed by atoms with Crippen molar-refractivity contribution in [2.45, 2.75) is 12.8 Å². The van der Waals surface area contributed by atoms with E-state index in [1.807, 2.05) is 12.1 Å². The third kappa shape index (κ3) is 5.44. The Labute approximate surface area is 163 Å². The predicted molar refractivity (Wildman–Crippen MR) is 103 cm³/mol. The number of rotatable bonds is 8. The normalized spacial score (nSPS) is 10.3. The number of carbonyl (C=O) groups excluding carboxylic acids is 1. The SMILES string of the molecule is COc1cc(CC(=O)NCCc2cc(Cl)cc(Cl)c2)cc(OC)c1OC. The molecule has 0 atom stereocenters. The minimum atomic E-state index is -0.104. The first-order valence-corrected chi connectivity index (χ1v) is 8.73. The second kappa shape index (κ2) is 9.55. The Hall–Kier alpha value is -2.11. The van der Waals surface area contributed by atoms with Gasteiger partial charge in [-0.15, -0.1) is 0 Å². The maximum atomic E-state index is 12.2. The average molecular weight is 398 g/mol. The number of hydrogen-bond acceptors (Lipinski definition) is 4. The van der Waals surface area contributed by atoms with Gasteiger partial charge in [0.05, 0.1) is 27.8 Å². The maximum Gasteiger partial charge on any atom is 0.224 e. The van der Waals surface area contributed by atoms with Crippen LogP contribution in [0.1, 0.15) is 11.1 Å². The molecule has 2 aromatic carbocycles. The number of halogens is 2. The molecule has 140 valence electrons. The highest BCUT2D eigenvalue weighted by atomic mass is 35.5. The van der Waals surface area contributed by atoms with Crippen LogP contribution >= 0.6 is 23.2 Å². The second-order valence-corrected chi connectivity index (χ2v) is 6.46. The molecule has 0 aliphatic carbocycles. The summed E-state index contributed by atoms with van der Waals surface area (Å²) in [6.07, 6.45) is 0.842. The van der Waals surface area contributed by atoms with E-state index < -0.39 is 0 Å². The molecule has 0 aliphatic rings. The van der Waals surface area contributed by atoms with Crippen molar-refractivity contribution < 1.29 is 19.0 Å². The van der Waals surface area contributed by atoms with Gasteiger partial charge in [-0.05, 0) is 47.9 Å². The van der Waals surface area contributed by atoms with Crippen molar-refractivity contribution in [3.63, 3.8) is 0 Å². The minimum Gasteiger partial charge on any atom is -0.493 e. The largest absolute Gasteiger partial charge is 0.493 e. The number of methoxy groups -OCH3 is 3. The topological polar surface area (TPSA) is 56.8 Å². The number of ether oxygens (including phenoxy) is 3. The van der Waals surface area contributed by atoms with Crippen molar-refractivity contribution in [2.75, 3.05) is 27.9 Å². The number of carbonyl (C=O) groups is 1. The Morgan fingerprint density at radius 1 is 0.885 bits per heavy atom. The molecule has 0 bridgehead atoms. The fourth-order valence-corrected chi connectivity index (χ4v) is 3.16. The molecule has 5 nitrogen and oxygen atoms in total. The summed E-state index contributed by atoms with van der Waals surface area (Å²) in [4.78, 5) is 12.2. The van der Waals surface area contributed by atoms with Gasteiger partial charge in [-0.1, -0.05) is 23.2 Å². The highest BCUT2D eigenvalue weighted by Gasteiger charge is 2.14. The summed E-state index contributed by atoms with van der Waals surface area (Å²) < 4.78 is 15.9. The van der Waals surface area contributed by atoms with Gasteiger partial charge >= 0.3 is 0 Å². The van der Waals surface area contributed by atoms with Gasteiger partial charge < -0.3 is 19.5 Å². The third-order valence-corrected chi connectivity index (χ3v) is 4.18. The van der Waals surface area contributed by atoms with E-state index in [4.69, 9.17) is 37.4 Å². The Balaban J connectivity index is 1.97. The zero-order chi connectivity index (χ0) is 19.1. The van der Waals surface area contributed by atoms with Crippen molar-refractivity contribution in [2.24, 2.45) is 0 Å². The maximum absolute atomic E-state index is 12.2. The van der Waals surface area contributed by atoms with Gasteiger partial charge in [0.2, 0.25) is 11.7 Å². The first kappa shape index (κ1) is 20.2. The second-order valence-electron chi connectivity index (χ2n) is 5.59. The molecule has 1 N–H and O–H groups in total. The van der Waals surface area contributed by atoms with Crippen LogP contribution in [0.3, 0.4) is 0 Å². The van der Waals surface area contributed by atoms with Crippen molar-refractivity contribution in [3.05, 3.63) is 51.5 Å². The van der Waals surface area contributed by atoms with Gasteiger partial charge in [0.25, 0.3) is 0 Å². The number of nitrogens with one attached hydrogen (secondary N) is 1. The molecule has 7 heteroatoms. The van der Waals surface area contributed by atoms with E-state index in [0.717, 1.165) is 11.1 Å². The summed E-state index contributed by atoms with van der Waals surface area (Å²) in [5, 5.41) is 4.04. The van der Waals surface area contributed by atoms with Crippen LogP contribution in [0, 0.1) is 0 Å². The highest BCUT2D eigenvalue weighted by Crippen LogP contribution is 2.38. The van der Waals surface area contributed by atoms with Gasteiger partial charge in [-0.25, -0.2) is 0 Å². The van der Waals surface area contributed by atoms with Crippen LogP contribution in [-0.4, -0.2) is 33.8 Å². The van der Waals surface area contributed by atoms with Crippen molar-refractivity contribution >= 4 is 29.1 Å². The molecular formula is C19H21Cl2NO4. The van der Waals surface area contributed by atoms with Crippen LogP contribution < -0.4 is 19.5 Å². The molecule has 0 unspecified atom stereocenters. The van der Waals surface area contributed by atoms with Crippen molar-refractivity contribution in [3.8, 4) is 17.2 Å². The van der Waals surface area contributed by atoms with E-state index in [2.05, 4.69) is 5.32 Å². The monoisotopic (exact) mass is 397 g/mol. The minimum absolute atomic E-state index is 0.104. The molecule has 2 rings (SSSR count). The highest BCUT2D eigenvalue weighted by molar-refractivity contribution is 6.34. The molecule has 0 heterocycles. The van der Waals surface area contributed by atoms with Crippen LogP contribution in [-0.2, 0) is 17.6 Å². The van der Waals surface area contributed by atoms with Crippen molar-refractivity contribution in [1.29, 1.82) is 0 Å². The zero-order valence-electron chi connectivity index (χ0n) is 14.9. The Bertz CT molecular complexity index is 735. The standard InChI is InChI=1S/C19H21Cl2NO4/c1-24-16-8-13(9-17(25-2)19(16)26-3)10-18(23)22-5-4-12-6-14(20)11-15(21)7-12/h6-9,11H,4-5,10H2,1-3H3,(H,22,23). The van der Waals surface area contributed by atoms with E-state index in [1.165, 1.54) is 21.3 Å². The van der Waals surface area contributed by atoms with E-state index >= 15 is 0 Å². The molecule has 1 amide bonds. The lowest BCUT2D eigenvalue weighted by molar-refractivity contribution is -0.120. The number of amides is 1. The van der Waals surface area contributed by atoms with Crippen LogP contribution in [0.4, 0.5) is 0 Å². The van der Waals surface area contributed by atoms with Crippen LogP contribution in [0.15, 0.2) is 30.3 Å². The fraction of sp³-hybridized carbons (Fsp3) is 0.316. The fourth-order valence-electron chi connectivity index (χ4n) is 2.59. The Morgan fingerprint density at radius 3 is 1.96 bits per heavy atom. The smallest absolute Gasteiger partial charge is 0.224 e. The number of benzene rings is 2. The van der Waals surface area contributed by atoms with Gasteiger partial charge in [0.15, 0.2) is 11.5 Å². The van der Waals surface area contributed by atoms with Crippen LogP contribution in [0.2, 0.25) is 10.0 Å². The van der Waals surface area contributed by atoms with E-state index in [1.54, 1.807) is 18.2 Å². The molecule has 0 saturated carbocycles. The summed E-state index contributed by atoms with van der Waals surface area (Å²) in [5.41, 5.74) is 1.73. The van der Waals surface area contributed by atoms with Crippen molar-refractivity contribution in [1.82, 2.24) is 5.32 Å². The molecule has 0 aliphatic heterocycles. The van der Waals surface area contributed by atoms with E-state index in [9.17, 15) is 4.79 Å². The molecule has 0 fully saturated rings. The number of hydrogen-bond donors (Lipinski definition) is 1. The quantitative estimate of drug-likeness (QED) is 0.733. The average Bonchev–Trinajstić information content (AvgIpc) is 2.59. The van der Waals surface area contributed by atoms with Crippen LogP contribution in [0.25, 0.3) is 0 Å².